The fourth-order valence-electron chi connectivity index (χ4n) is 0.884. The van der Waals surface area contributed by atoms with E-state index in [9.17, 15) is 14.4 Å². The van der Waals surface area contributed by atoms with E-state index >= 15 is 0 Å². The molecule has 0 spiro atoms. The third kappa shape index (κ3) is 6.71. The number of ether oxygens (including phenoxy) is 2. The van der Waals surface area contributed by atoms with Crippen LogP contribution in [0.2, 0.25) is 0 Å². The Morgan fingerprint density at radius 3 is 2.06 bits per heavy atom. The molecule has 0 rings (SSSR count). The highest BCUT2D eigenvalue weighted by molar-refractivity contribution is 5.94. The van der Waals surface area contributed by atoms with Crippen molar-refractivity contribution >= 4 is 17.7 Å². The van der Waals surface area contributed by atoms with Crippen LogP contribution in [0.25, 0.3) is 0 Å². The van der Waals surface area contributed by atoms with Gasteiger partial charge in [0.2, 0.25) is 0 Å². The Kier molecular flexibility index (Phi) is 6.46. The third-order valence-corrected chi connectivity index (χ3v) is 2.41. The number of Topliss-reactive ketones (excluding diaryl/α,β-unsaturated/α-hetero) is 1. The number of ketones is 1. The lowest BCUT2D eigenvalue weighted by Gasteiger charge is -2.20. The molecule has 0 aromatic carbocycles. The summed E-state index contributed by atoms with van der Waals surface area (Å²) >= 11 is 0. The van der Waals surface area contributed by atoms with Gasteiger partial charge in [-0.3, -0.25) is 14.4 Å². The number of carbonyl (C=O) groups excluding carboxylic acids is 3. The monoisotopic (exact) mass is 244 g/mol. The first kappa shape index (κ1) is 15.6. The Labute approximate surface area is 101 Å². The van der Waals surface area contributed by atoms with E-state index in [-0.39, 0.29) is 31.4 Å². The van der Waals surface area contributed by atoms with Crippen LogP contribution >= 0.6 is 0 Å². The molecule has 0 atom stereocenters. The highest BCUT2D eigenvalue weighted by atomic mass is 16.6. The van der Waals surface area contributed by atoms with Crippen LogP contribution < -0.4 is 0 Å². The van der Waals surface area contributed by atoms with Gasteiger partial charge in [-0.25, -0.2) is 0 Å². The molecule has 0 heterocycles. The minimum atomic E-state index is -0.594. The molecule has 0 radical (unpaired) electrons. The van der Waals surface area contributed by atoms with Crippen molar-refractivity contribution in [2.75, 3.05) is 13.2 Å². The average Bonchev–Trinajstić information content (AvgIpc) is 2.23. The summed E-state index contributed by atoms with van der Waals surface area (Å²) < 4.78 is 9.66. The van der Waals surface area contributed by atoms with Crippen LogP contribution in [0.5, 0.6) is 0 Å². The lowest BCUT2D eigenvalue weighted by atomic mass is 9.91. The number of esters is 2. The Morgan fingerprint density at radius 2 is 1.59 bits per heavy atom. The summed E-state index contributed by atoms with van der Waals surface area (Å²) in [7, 11) is 0. The molecule has 0 aliphatic rings. The van der Waals surface area contributed by atoms with E-state index < -0.39 is 11.4 Å². The summed E-state index contributed by atoms with van der Waals surface area (Å²) in [6.45, 7) is 6.79. The van der Waals surface area contributed by atoms with Gasteiger partial charge in [-0.05, 0) is 27.2 Å². The minimum Gasteiger partial charge on any atom is -0.462 e. The summed E-state index contributed by atoms with van der Waals surface area (Å²) in [5.41, 5.74) is -0.524. The van der Waals surface area contributed by atoms with Crippen molar-refractivity contribution in [3.05, 3.63) is 0 Å². The second-order valence-corrected chi connectivity index (χ2v) is 4.47. The summed E-state index contributed by atoms with van der Waals surface area (Å²) in [6, 6.07) is 0. The Morgan fingerprint density at radius 1 is 1.06 bits per heavy atom. The SMILES string of the molecule is CCC(C)(C)C(=O)OCCOC(=O)CC(C)=O. The van der Waals surface area contributed by atoms with Crippen molar-refractivity contribution in [1.82, 2.24) is 0 Å². The van der Waals surface area contributed by atoms with E-state index in [0.717, 1.165) is 0 Å². The van der Waals surface area contributed by atoms with Crippen LogP contribution in [0, 0.1) is 5.41 Å². The lowest BCUT2D eigenvalue weighted by Crippen LogP contribution is -2.27. The Bertz CT molecular complexity index is 293. The zero-order valence-electron chi connectivity index (χ0n) is 10.9. The zero-order chi connectivity index (χ0) is 13.5. The maximum atomic E-state index is 11.5. The van der Waals surface area contributed by atoms with E-state index in [1.165, 1.54) is 6.92 Å². The molecule has 0 bridgehead atoms. The van der Waals surface area contributed by atoms with Crippen molar-refractivity contribution in [2.24, 2.45) is 5.41 Å². The Hall–Kier alpha value is -1.39. The molecule has 0 saturated carbocycles. The molecule has 5 heteroatoms. The van der Waals surface area contributed by atoms with Crippen LogP contribution in [-0.2, 0) is 23.9 Å². The van der Waals surface area contributed by atoms with Crippen LogP contribution in [0.3, 0.4) is 0 Å². The molecule has 5 nitrogen and oxygen atoms in total. The maximum absolute atomic E-state index is 11.5. The molecule has 0 aromatic rings. The van der Waals surface area contributed by atoms with E-state index in [1.54, 1.807) is 13.8 Å². The van der Waals surface area contributed by atoms with E-state index in [4.69, 9.17) is 9.47 Å². The molecule has 0 fully saturated rings. The normalized spacial score (nSPS) is 10.8. The maximum Gasteiger partial charge on any atom is 0.313 e. The van der Waals surface area contributed by atoms with E-state index in [2.05, 4.69) is 0 Å². The summed E-state index contributed by atoms with van der Waals surface area (Å²) in [4.78, 5) is 33.0. The molecule has 0 aliphatic heterocycles. The topological polar surface area (TPSA) is 69.7 Å². The predicted octanol–water partition coefficient (Wildman–Crippen LogP) is 1.49. The van der Waals surface area contributed by atoms with Crippen molar-refractivity contribution in [2.45, 2.75) is 40.5 Å². The number of hydrogen-bond donors (Lipinski definition) is 0. The highest BCUT2D eigenvalue weighted by Gasteiger charge is 2.26. The average molecular weight is 244 g/mol. The lowest BCUT2D eigenvalue weighted by molar-refractivity contribution is -0.159. The third-order valence-electron chi connectivity index (χ3n) is 2.41. The summed E-state index contributed by atoms with van der Waals surface area (Å²) in [5.74, 6) is -1.16. The molecule has 0 aliphatic carbocycles. The van der Waals surface area contributed by atoms with Crippen molar-refractivity contribution < 1.29 is 23.9 Å². The molecule has 17 heavy (non-hydrogen) atoms. The largest absolute Gasteiger partial charge is 0.462 e. The van der Waals surface area contributed by atoms with Gasteiger partial charge in [0.15, 0.2) is 0 Å². The van der Waals surface area contributed by atoms with Gasteiger partial charge in [0, 0.05) is 0 Å². The van der Waals surface area contributed by atoms with Crippen LogP contribution in [0.4, 0.5) is 0 Å². The van der Waals surface area contributed by atoms with Crippen molar-refractivity contribution in [1.29, 1.82) is 0 Å². The standard InChI is InChI=1S/C12H20O5/c1-5-12(3,4)11(15)17-7-6-16-10(14)8-9(2)13/h5-8H2,1-4H3. The molecule has 98 valence electrons. The van der Waals surface area contributed by atoms with E-state index in [1.807, 2.05) is 6.92 Å². The molecule has 0 aromatic heterocycles. The fourth-order valence-corrected chi connectivity index (χ4v) is 0.884. The second-order valence-electron chi connectivity index (χ2n) is 4.47. The molecule has 0 amide bonds. The molecular weight excluding hydrogens is 224 g/mol. The van der Waals surface area contributed by atoms with E-state index in [0.29, 0.717) is 6.42 Å². The van der Waals surface area contributed by atoms with Gasteiger partial charge in [0.25, 0.3) is 0 Å². The summed E-state index contributed by atoms with van der Waals surface area (Å²) in [6.07, 6.45) is 0.435. The predicted molar refractivity (Wildman–Crippen MR) is 61.3 cm³/mol. The van der Waals surface area contributed by atoms with Gasteiger partial charge in [0.05, 0.1) is 5.41 Å². The quantitative estimate of drug-likeness (QED) is 0.385. The smallest absolute Gasteiger partial charge is 0.313 e. The number of carbonyl (C=O) groups is 3. The fraction of sp³-hybridized carbons (Fsp3) is 0.750. The van der Waals surface area contributed by atoms with Crippen LogP contribution in [-0.4, -0.2) is 30.9 Å². The minimum absolute atomic E-state index is 0.0162. The van der Waals surface area contributed by atoms with Gasteiger partial charge in [-0.15, -0.1) is 0 Å². The number of hydrogen-bond acceptors (Lipinski definition) is 5. The van der Waals surface area contributed by atoms with Gasteiger partial charge in [-0.2, -0.15) is 0 Å². The molecule has 0 unspecified atom stereocenters. The summed E-state index contributed by atoms with van der Waals surface area (Å²) in [5, 5.41) is 0. The van der Waals surface area contributed by atoms with Crippen LogP contribution in [0.15, 0.2) is 0 Å². The molecule has 0 saturated heterocycles. The first-order chi connectivity index (χ1) is 7.79. The van der Waals surface area contributed by atoms with Gasteiger partial charge in [-0.1, -0.05) is 6.92 Å². The van der Waals surface area contributed by atoms with Crippen molar-refractivity contribution in [3.8, 4) is 0 Å². The van der Waals surface area contributed by atoms with Crippen molar-refractivity contribution in [3.63, 3.8) is 0 Å². The van der Waals surface area contributed by atoms with Crippen LogP contribution in [0.1, 0.15) is 40.5 Å². The zero-order valence-corrected chi connectivity index (χ0v) is 10.9. The molecule has 0 N–H and O–H groups in total. The van der Waals surface area contributed by atoms with Gasteiger partial charge in [0.1, 0.15) is 25.4 Å². The van der Waals surface area contributed by atoms with Gasteiger partial charge >= 0.3 is 11.9 Å². The Balaban J connectivity index is 3.75. The second kappa shape index (κ2) is 7.04. The highest BCUT2D eigenvalue weighted by Crippen LogP contribution is 2.21. The first-order valence-electron chi connectivity index (χ1n) is 5.62. The first-order valence-corrected chi connectivity index (χ1v) is 5.62. The molecular formula is C12H20O5. The number of rotatable bonds is 7. The van der Waals surface area contributed by atoms with Gasteiger partial charge < -0.3 is 9.47 Å².